The van der Waals surface area contributed by atoms with E-state index in [9.17, 15) is 0 Å². The number of ether oxygens (including phenoxy) is 2. The number of methoxy groups -OCH3 is 2. The van der Waals surface area contributed by atoms with Crippen LogP contribution in [0.4, 0.5) is 0 Å². The maximum absolute atomic E-state index is 5.77. The van der Waals surface area contributed by atoms with Crippen LogP contribution in [0.25, 0.3) is 6.08 Å². The summed E-state index contributed by atoms with van der Waals surface area (Å²) in [5.41, 5.74) is 0.962. The van der Waals surface area contributed by atoms with Crippen LogP contribution in [0.2, 0.25) is 19.6 Å². The van der Waals surface area contributed by atoms with Gasteiger partial charge in [0.05, 0.1) is 20.0 Å². The van der Waals surface area contributed by atoms with E-state index in [1.54, 1.807) is 14.2 Å². The zero-order valence-corrected chi connectivity index (χ0v) is 13.3. The number of allylic oxidation sites excluding steroid dienone is 1. The Hall–Kier alpha value is -1.68. The SMILES string of the molecule is C=C(/C=C/c1ccc(OC)cc1OC)O[Si](C)(C)C. The summed E-state index contributed by atoms with van der Waals surface area (Å²) in [6.07, 6.45) is 3.79. The Morgan fingerprint density at radius 2 is 1.84 bits per heavy atom. The summed E-state index contributed by atoms with van der Waals surface area (Å²) in [6, 6.07) is 5.68. The van der Waals surface area contributed by atoms with Gasteiger partial charge < -0.3 is 13.9 Å². The van der Waals surface area contributed by atoms with Crippen LogP contribution in [-0.4, -0.2) is 22.5 Å². The van der Waals surface area contributed by atoms with Crippen LogP contribution < -0.4 is 9.47 Å². The highest BCUT2D eigenvalue weighted by atomic mass is 28.4. The fourth-order valence-electron chi connectivity index (χ4n) is 1.57. The standard InChI is InChI=1S/C15H22O3Si/c1-12(18-19(4,5)6)7-8-13-9-10-14(16-2)11-15(13)17-3/h7-11H,1H2,2-6H3/b8-7+. The van der Waals surface area contributed by atoms with E-state index in [1.807, 2.05) is 30.4 Å². The van der Waals surface area contributed by atoms with Gasteiger partial charge in [0.2, 0.25) is 8.32 Å². The molecule has 3 nitrogen and oxygen atoms in total. The van der Waals surface area contributed by atoms with Gasteiger partial charge in [0.25, 0.3) is 0 Å². The molecule has 1 aromatic rings. The molecule has 0 atom stereocenters. The molecule has 0 saturated carbocycles. The van der Waals surface area contributed by atoms with Crippen LogP contribution in [0.5, 0.6) is 11.5 Å². The number of rotatable bonds is 6. The fraction of sp³-hybridized carbons (Fsp3) is 0.333. The Morgan fingerprint density at radius 1 is 1.16 bits per heavy atom. The summed E-state index contributed by atoms with van der Waals surface area (Å²) >= 11 is 0. The van der Waals surface area contributed by atoms with Crippen LogP contribution in [0, 0.1) is 0 Å². The first kappa shape index (κ1) is 15.4. The molecule has 0 aliphatic heterocycles. The first-order chi connectivity index (χ1) is 8.85. The van der Waals surface area contributed by atoms with Crippen molar-refractivity contribution in [1.82, 2.24) is 0 Å². The number of benzene rings is 1. The van der Waals surface area contributed by atoms with Crippen molar-refractivity contribution in [2.24, 2.45) is 0 Å². The van der Waals surface area contributed by atoms with Crippen molar-refractivity contribution in [2.45, 2.75) is 19.6 Å². The zero-order chi connectivity index (χ0) is 14.5. The van der Waals surface area contributed by atoms with Crippen molar-refractivity contribution < 1.29 is 13.9 Å². The Labute approximate surface area is 116 Å². The molecular formula is C15H22O3Si. The van der Waals surface area contributed by atoms with E-state index in [2.05, 4.69) is 26.2 Å². The smallest absolute Gasteiger partial charge is 0.242 e. The lowest BCUT2D eigenvalue weighted by Gasteiger charge is -2.19. The first-order valence-electron chi connectivity index (χ1n) is 6.14. The largest absolute Gasteiger partial charge is 0.545 e. The van der Waals surface area contributed by atoms with E-state index in [0.29, 0.717) is 5.76 Å². The normalized spacial score (nSPS) is 11.4. The molecule has 19 heavy (non-hydrogen) atoms. The molecule has 0 spiro atoms. The molecular weight excluding hydrogens is 256 g/mol. The lowest BCUT2D eigenvalue weighted by Crippen LogP contribution is -2.23. The van der Waals surface area contributed by atoms with Gasteiger partial charge in [-0.15, -0.1) is 0 Å². The summed E-state index contributed by atoms with van der Waals surface area (Å²) in [5.74, 6) is 2.21. The van der Waals surface area contributed by atoms with E-state index in [0.717, 1.165) is 17.1 Å². The second kappa shape index (κ2) is 6.47. The van der Waals surface area contributed by atoms with Gasteiger partial charge in [-0.1, -0.05) is 6.58 Å². The second-order valence-electron chi connectivity index (χ2n) is 5.12. The van der Waals surface area contributed by atoms with Crippen LogP contribution in [0.15, 0.2) is 36.6 Å². The Balaban J connectivity index is 2.84. The summed E-state index contributed by atoms with van der Waals surface area (Å²) < 4.78 is 16.3. The lowest BCUT2D eigenvalue weighted by molar-refractivity contribution is 0.393. The average Bonchev–Trinajstić information content (AvgIpc) is 2.34. The predicted octanol–water partition coefficient (Wildman–Crippen LogP) is 4.08. The summed E-state index contributed by atoms with van der Waals surface area (Å²) in [4.78, 5) is 0. The highest BCUT2D eigenvalue weighted by Crippen LogP contribution is 2.26. The quantitative estimate of drug-likeness (QED) is 0.446. The van der Waals surface area contributed by atoms with Gasteiger partial charge in [-0.3, -0.25) is 0 Å². The first-order valence-corrected chi connectivity index (χ1v) is 9.54. The summed E-state index contributed by atoms with van der Waals surface area (Å²) in [6.45, 7) is 10.3. The van der Waals surface area contributed by atoms with Crippen LogP contribution in [-0.2, 0) is 4.43 Å². The maximum Gasteiger partial charge on any atom is 0.242 e. The van der Waals surface area contributed by atoms with Crippen molar-refractivity contribution in [3.8, 4) is 11.5 Å². The van der Waals surface area contributed by atoms with E-state index in [4.69, 9.17) is 13.9 Å². The summed E-state index contributed by atoms with van der Waals surface area (Å²) in [7, 11) is 1.67. The molecule has 1 aromatic carbocycles. The molecule has 0 amide bonds. The van der Waals surface area contributed by atoms with Crippen molar-refractivity contribution in [2.75, 3.05) is 14.2 Å². The van der Waals surface area contributed by atoms with Crippen molar-refractivity contribution in [1.29, 1.82) is 0 Å². The third-order valence-corrected chi connectivity index (χ3v) is 3.20. The zero-order valence-electron chi connectivity index (χ0n) is 12.3. The molecule has 1 rings (SSSR count). The van der Waals surface area contributed by atoms with Crippen molar-refractivity contribution in [3.05, 3.63) is 42.2 Å². The van der Waals surface area contributed by atoms with Gasteiger partial charge in [0.15, 0.2) is 0 Å². The predicted molar refractivity (Wildman–Crippen MR) is 82.2 cm³/mol. The van der Waals surface area contributed by atoms with Gasteiger partial charge >= 0.3 is 0 Å². The minimum Gasteiger partial charge on any atom is -0.545 e. The lowest BCUT2D eigenvalue weighted by atomic mass is 10.1. The van der Waals surface area contributed by atoms with E-state index in [1.165, 1.54) is 0 Å². The molecule has 0 unspecified atom stereocenters. The van der Waals surface area contributed by atoms with E-state index in [-0.39, 0.29) is 0 Å². The van der Waals surface area contributed by atoms with Gasteiger partial charge in [-0.25, -0.2) is 0 Å². The molecule has 0 aromatic heterocycles. The molecule has 0 fully saturated rings. The molecule has 104 valence electrons. The Bertz CT molecular complexity index is 473. The summed E-state index contributed by atoms with van der Waals surface area (Å²) in [5, 5.41) is 0. The molecule has 0 saturated heterocycles. The van der Waals surface area contributed by atoms with Gasteiger partial charge in [0, 0.05) is 11.6 Å². The Morgan fingerprint density at radius 3 is 2.37 bits per heavy atom. The average molecular weight is 278 g/mol. The van der Waals surface area contributed by atoms with Crippen LogP contribution in [0.3, 0.4) is 0 Å². The van der Waals surface area contributed by atoms with E-state index >= 15 is 0 Å². The monoisotopic (exact) mass is 278 g/mol. The Kier molecular flexibility index (Phi) is 5.24. The highest BCUT2D eigenvalue weighted by Gasteiger charge is 2.15. The highest BCUT2D eigenvalue weighted by molar-refractivity contribution is 6.70. The molecule has 4 heteroatoms. The molecule has 0 bridgehead atoms. The number of hydrogen-bond donors (Lipinski definition) is 0. The van der Waals surface area contributed by atoms with Crippen molar-refractivity contribution in [3.63, 3.8) is 0 Å². The van der Waals surface area contributed by atoms with Gasteiger partial charge in [-0.05, 0) is 43.9 Å². The van der Waals surface area contributed by atoms with Gasteiger partial charge in [0.1, 0.15) is 11.5 Å². The molecule has 0 heterocycles. The van der Waals surface area contributed by atoms with Crippen LogP contribution in [0.1, 0.15) is 5.56 Å². The minimum absolute atomic E-state index is 0.678. The third kappa shape index (κ3) is 5.22. The molecule has 0 N–H and O–H groups in total. The van der Waals surface area contributed by atoms with Crippen molar-refractivity contribution >= 4 is 14.4 Å². The second-order valence-corrected chi connectivity index (χ2v) is 9.55. The topological polar surface area (TPSA) is 27.7 Å². The fourth-order valence-corrected chi connectivity index (χ4v) is 2.42. The van der Waals surface area contributed by atoms with Crippen LogP contribution >= 0.6 is 0 Å². The molecule has 0 aliphatic carbocycles. The molecule has 0 aliphatic rings. The number of hydrogen-bond acceptors (Lipinski definition) is 3. The minimum atomic E-state index is -1.60. The van der Waals surface area contributed by atoms with Gasteiger partial charge in [-0.2, -0.15) is 0 Å². The van der Waals surface area contributed by atoms with E-state index < -0.39 is 8.32 Å². The third-order valence-electron chi connectivity index (χ3n) is 2.33. The maximum atomic E-state index is 5.77. The molecule has 0 radical (unpaired) electrons.